The zero-order valence-electron chi connectivity index (χ0n) is 10.7. The van der Waals surface area contributed by atoms with Crippen molar-refractivity contribution in [2.24, 2.45) is 0 Å². The van der Waals surface area contributed by atoms with Gasteiger partial charge in [-0.2, -0.15) is 0 Å². The maximum atomic E-state index is 12.2. The Kier molecular flexibility index (Phi) is 3.46. The molecular weight excluding hydrogens is 226 g/mol. The average molecular weight is 243 g/mol. The standard InChI is InChI=1S/C14H17N3O/c1-3-17(4-2)14(18)12-9-10-7-5-6-8-11(10)13(15)16-12/h5-9H,3-4H2,1-2H3,(H2,15,16). The maximum absolute atomic E-state index is 12.2. The third-order valence-corrected chi connectivity index (χ3v) is 3.04. The quantitative estimate of drug-likeness (QED) is 0.899. The van der Waals surface area contributed by atoms with Gasteiger partial charge < -0.3 is 10.6 Å². The molecule has 4 heteroatoms. The number of pyridine rings is 1. The highest BCUT2D eigenvalue weighted by Gasteiger charge is 2.15. The second-order valence-electron chi connectivity index (χ2n) is 4.09. The average Bonchev–Trinajstić information content (AvgIpc) is 2.40. The topological polar surface area (TPSA) is 59.2 Å². The molecule has 0 fully saturated rings. The number of carbonyl (C=O) groups excluding carboxylic acids is 1. The summed E-state index contributed by atoms with van der Waals surface area (Å²) in [5, 5.41) is 1.83. The summed E-state index contributed by atoms with van der Waals surface area (Å²) < 4.78 is 0. The van der Waals surface area contributed by atoms with Gasteiger partial charge in [-0.25, -0.2) is 4.98 Å². The van der Waals surface area contributed by atoms with Crippen LogP contribution in [0.25, 0.3) is 10.8 Å². The van der Waals surface area contributed by atoms with Crippen molar-refractivity contribution in [3.8, 4) is 0 Å². The smallest absolute Gasteiger partial charge is 0.272 e. The number of anilines is 1. The Balaban J connectivity index is 2.49. The number of benzene rings is 1. The summed E-state index contributed by atoms with van der Waals surface area (Å²) in [6.07, 6.45) is 0. The Morgan fingerprint density at radius 2 is 1.94 bits per heavy atom. The van der Waals surface area contributed by atoms with E-state index in [1.807, 2.05) is 38.1 Å². The van der Waals surface area contributed by atoms with Crippen molar-refractivity contribution >= 4 is 22.5 Å². The minimum Gasteiger partial charge on any atom is -0.383 e. The van der Waals surface area contributed by atoms with Gasteiger partial charge in [0.15, 0.2) is 0 Å². The van der Waals surface area contributed by atoms with E-state index in [0.29, 0.717) is 24.6 Å². The highest BCUT2D eigenvalue weighted by atomic mass is 16.2. The Morgan fingerprint density at radius 1 is 1.28 bits per heavy atom. The van der Waals surface area contributed by atoms with Gasteiger partial charge in [0.05, 0.1) is 0 Å². The Morgan fingerprint density at radius 3 is 2.61 bits per heavy atom. The second-order valence-corrected chi connectivity index (χ2v) is 4.09. The van der Waals surface area contributed by atoms with E-state index in [4.69, 9.17) is 5.73 Å². The van der Waals surface area contributed by atoms with Gasteiger partial charge in [-0.1, -0.05) is 24.3 Å². The summed E-state index contributed by atoms with van der Waals surface area (Å²) in [5.41, 5.74) is 6.31. The molecule has 0 aliphatic rings. The zero-order chi connectivity index (χ0) is 13.1. The zero-order valence-corrected chi connectivity index (χ0v) is 10.7. The summed E-state index contributed by atoms with van der Waals surface area (Å²) in [5.74, 6) is 0.334. The molecule has 0 unspecified atom stereocenters. The van der Waals surface area contributed by atoms with Crippen molar-refractivity contribution in [3.63, 3.8) is 0 Å². The van der Waals surface area contributed by atoms with Gasteiger partial charge in [0.25, 0.3) is 5.91 Å². The summed E-state index contributed by atoms with van der Waals surface area (Å²) in [6, 6.07) is 9.47. The van der Waals surface area contributed by atoms with Crippen LogP contribution < -0.4 is 5.73 Å². The number of hydrogen-bond acceptors (Lipinski definition) is 3. The van der Waals surface area contributed by atoms with Crippen LogP contribution in [-0.4, -0.2) is 28.9 Å². The first kappa shape index (κ1) is 12.4. The van der Waals surface area contributed by atoms with E-state index in [1.54, 1.807) is 11.0 Å². The van der Waals surface area contributed by atoms with Crippen molar-refractivity contribution in [1.82, 2.24) is 9.88 Å². The molecule has 1 heterocycles. The number of nitrogens with two attached hydrogens (primary N) is 1. The number of nitrogens with zero attached hydrogens (tertiary/aromatic N) is 2. The molecule has 0 saturated carbocycles. The molecule has 0 saturated heterocycles. The lowest BCUT2D eigenvalue weighted by Crippen LogP contribution is -2.31. The Bertz CT molecular complexity index is 576. The lowest BCUT2D eigenvalue weighted by molar-refractivity contribution is 0.0767. The van der Waals surface area contributed by atoms with Gasteiger partial charge in [-0.3, -0.25) is 4.79 Å². The van der Waals surface area contributed by atoms with Crippen LogP contribution >= 0.6 is 0 Å². The summed E-state index contributed by atoms with van der Waals surface area (Å²) in [4.78, 5) is 18.1. The van der Waals surface area contributed by atoms with Crippen LogP contribution in [0.2, 0.25) is 0 Å². The largest absolute Gasteiger partial charge is 0.383 e. The Hall–Kier alpha value is -2.10. The second kappa shape index (κ2) is 5.04. The highest BCUT2D eigenvalue weighted by molar-refractivity contribution is 5.99. The van der Waals surface area contributed by atoms with Gasteiger partial charge in [-0.05, 0) is 25.3 Å². The molecule has 94 valence electrons. The van der Waals surface area contributed by atoms with Gasteiger partial charge in [-0.15, -0.1) is 0 Å². The van der Waals surface area contributed by atoms with E-state index < -0.39 is 0 Å². The van der Waals surface area contributed by atoms with Crippen LogP contribution in [0, 0.1) is 0 Å². The molecule has 0 spiro atoms. The molecule has 0 atom stereocenters. The van der Waals surface area contributed by atoms with Crippen LogP contribution in [0.5, 0.6) is 0 Å². The third kappa shape index (κ3) is 2.14. The molecule has 0 aliphatic carbocycles. The van der Waals surface area contributed by atoms with Crippen molar-refractivity contribution < 1.29 is 4.79 Å². The predicted octanol–water partition coefficient (Wildman–Crippen LogP) is 2.30. The molecule has 2 rings (SSSR count). The number of fused-ring (bicyclic) bond motifs is 1. The van der Waals surface area contributed by atoms with Gasteiger partial charge >= 0.3 is 0 Å². The van der Waals surface area contributed by atoms with Crippen molar-refractivity contribution in [1.29, 1.82) is 0 Å². The molecule has 1 aromatic carbocycles. The van der Waals surface area contributed by atoms with Crippen molar-refractivity contribution in [2.45, 2.75) is 13.8 Å². The van der Waals surface area contributed by atoms with Crippen LogP contribution in [0.3, 0.4) is 0 Å². The number of amides is 1. The fourth-order valence-corrected chi connectivity index (χ4v) is 2.01. The number of hydrogen-bond donors (Lipinski definition) is 1. The first-order chi connectivity index (χ1) is 8.67. The van der Waals surface area contributed by atoms with Crippen molar-refractivity contribution in [2.75, 3.05) is 18.8 Å². The normalized spacial score (nSPS) is 10.6. The van der Waals surface area contributed by atoms with Crippen molar-refractivity contribution in [3.05, 3.63) is 36.0 Å². The number of nitrogen functional groups attached to an aromatic ring is 1. The predicted molar refractivity (Wildman–Crippen MR) is 73.4 cm³/mol. The molecule has 1 aromatic heterocycles. The minimum absolute atomic E-state index is 0.0718. The summed E-state index contributed by atoms with van der Waals surface area (Å²) >= 11 is 0. The van der Waals surface area contributed by atoms with E-state index >= 15 is 0 Å². The van der Waals surface area contributed by atoms with Crippen LogP contribution in [0.15, 0.2) is 30.3 Å². The number of rotatable bonds is 3. The molecule has 0 bridgehead atoms. The molecule has 1 amide bonds. The third-order valence-electron chi connectivity index (χ3n) is 3.04. The molecule has 2 aromatic rings. The minimum atomic E-state index is -0.0718. The van der Waals surface area contributed by atoms with Gasteiger partial charge in [0, 0.05) is 18.5 Å². The lowest BCUT2D eigenvalue weighted by Gasteiger charge is -2.18. The first-order valence-electron chi connectivity index (χ1n) is 6.11. The van der Waals surface area contributed by atoms with Gasteiger partial charge in [0.1, 0.15) is 11.5 Å². The van der Waals surface area contributed by atoms with E-state index in [1.165, 1.54) is 0 Å². The van der Waals surface area contributed by atoms with E-state index in [9.17, 15) is 4.79 Å². The summed E-state index contributed by atoms with van der Waals surface area (Å²) in [7, 11) is 0. The molecule has 2 N–H and O–H groups in total. The molecule has 18 heavy (non-hydrogen) atoms. The lowest BCUT2D eigenvalue weighted by atomic mass is 10.1. The summed E-state index contributed by atoms with van der Waals surface area (Å²) in [6.45, 7) is 5.24. The van der Waals surface area contributed by atoms with Crippen LogP contribution in [-0.2, 0) is 0 Å². The first-order valence-corrected chi connectivity index (χ1v) is 6.11. The molecular formula is C14H17N3O. The van der Waals surface area contributed by atoms with E-state index in [0.717, 1.165) is 10.8 Å². The van der Waals surface area contributed by atoms with Crippen LogP contribution in [0.4, 0.5) is 5.82 Å². The fraction of sp³-hybridized carbons (Fsp3) is 0.286. The number of carbonyl (C=O) groups is 1. The Labute approximate surface area is 106 Å². The SMILES string of the molecule is CCN(CC)C(=O)c1cc2ccccc2c(N)n1. The maximum Gasteiger partial charge on any atom is 0.272 e. The fourth-order valence-electron chi connectivity index (χ4n) is 2.01. The van der Waals surface area contributed by atoms with Gasteiger partial charge in [0.2, 0.25) is 0 Å². The van der Waals surface area contributed by atoms with Crippen LogP contribution in [0.1, 0.15) is 24.3 Å². The monoisotopic (exact) mass is 243 g/mol. The molecule has 0 aliphatic heterocycles. The molecule has 0 radical (unpaired) electrons. The molecule has 4 nitrogen and oxygen atoms in total. The van der Waals surface area contributed by atoms with E-state index in [2.05, 4.69) is 4.98 Å². The van der Waals surface area contributed by atoms with E-state index in [-0.39, 0.29) is 5.91 Å². The number of aromatic nitrogens is 1. The highest BCUT2D eigenvalue weighted by Crippen LogP contribution is 2.20.